The number of nitrogens with one attached hydrogen (secondary N) is 1. The number of hydrogen-bond acceptors (Lipinski definition) is 6. The molecule has 9 nitrogen and oxygen atoms in total. The van der Waals surface area contributed by atoms with Gasteiger partial charge in [0.15, 0.2) is 0 Å². The zero-order chi connectivity index (χ0) is 25.8. The van der Waals surface area contributed by atoms with Crippen molar-refractivity contribution >= 4 is 39.3 Å². The van der Waals surface area contributed by atoms with E-state index in [9.17, 15) is 19.2 Å². The van der Waals surface area contributed by atoms with Gasteiger partial charge in [-0.2, -0.15) is 0 Å². The van der Waals surface area contributed by atoms with Gasteiger partial charge in [0.2, 0.25) is 11.8 Å². The lowest BCUT2D eigenvalue weighted by atomic mass is 10.2. The Morgan fingerprint density at radius 2 is 2.00 bits per heavy atom. The number of thiazole rings is 1. The molecular weight excluding hydrogens is 468 g/mol. The number of H-pyrrole nitrogens is 1. The number of carboxylic acid groups (broad SMARTS) is 1. The standard InChI is InChI=1S/C11H18O2.C7H13N3O2.C7H5NOS/c1-2-3-4-5-6-7-9-8-10(9)11(12)13;8-4-6(11)10-3-1-2-5(10)7(9)12;9-7-8-5-3-1-2-4-6(5)10-7/h6-7,9-10H,2-5,8H2,1H3,(H,12,13);5H,1-4,8H2,(H2,9,12);1-4H,(H,8,9)/b7-6-;;. The minimum absolute atomic E-state index is 0.0150. The molecule has 0 radical (unpaired) electrons. The fourth-order valence-electron chi connectivity index (χ4n) is 3.87. The van der Waals surface area contributed by atoms with Crippen LogP contribution in [0.1, 0.15) is 51.9 Å². The Bertz CT molecular complexity index is 1030. The van der Waals surface area contributed by atoms with Gasteiger partial charge in [-0.15, -0.1) is 0 Å². The molecule has 2 fully saturated rings. The Kier molecular flexibility index (Phi) is 11.6. The Hall–Kier alpha value is -2.98. The van der Waals surface area contributed by atoms with Crippen molar-refractivity contribution in [3.05, 3.63) is 46.1 Å². The van der Waals surface area contributed by atoms with Gasteiger partial charge in [-0.25, -0.2) is 0 Å². The molecule has 2 aliphatic rings. The predicted octanol–water partition coefficient (Wildman–Crippen LogP) is 2.85. The average molecular weight is 505 g/mol. The van der Waals surface area contributed by atoms with Crippen LogP contribution in [0.5, 0.6) is 0 Å². The summed E-state index contributed by atoms with van der Waals surface area (Å²) in [5.74, 6) is -1.02. The first-order valence-corrected chi connectivity index (χ1v) is 12.9. The smallest absolute Gasteiger partial charge is 0.307 e. The topological polar surface area (TPSA) is 160 Å². The second kappa shape index (κ2) is 14.4. The summed E-state index contributed by atoms with van der Waals surface area (Å²) in [7, 11) is 0. The molecule has 1 saturated carbocycles. The van der Waals surface area contributed by atoms with E-state index in [2.05, 4.69) is 24.1 Å². The Morgan fingerprint density at radius 3 is 2.60 bits per heavy atom. The van der Waals surface area contributed by atoms with Crippen LogP contribution in [0.15, 0.2) is 41.2 Å². The van der Waals surface area contributed by atoms with Gasteiger partial charge in [0.25, 0.3) is 0 Å². The number of nitrogens with two attached hydrogens (primary N) is 2. The summed E-state index contributed by atoms with van der Waals surface area (Å²) in [4.78, 5) is 47.4. The van der Waals surface area contributed by atoms with Crippen LogP contribution >= 0.6 is 11.3 Å². The number of allylic oxidation sites excluding steroid dienone is 2. The molecular formula is C25H36N4O5S. The van der Waals surface area contributed by atoms with Gasteiger partial charge in [-0.1, -0.05) is 55.4 Å². The van der Waals surface area contributed by atoms with Crippen molar-refractivity contribution in [1.29, 1.82) is 0 Å². The highest BCUT2D eigenvalue weighted by molar-refractivity contribution is 7.16. The number of aromatic nitrogens is 1. The van der Waals surface area contributed by atoms with Crippen LogP contribution in [0.4, 0.5) is 0 Å². The SMILES string of the molecule is CCCCC/C=C\C1CC1C(=O)O.NCC(=O)N1CCCC1C(N)=O.O=c1[nH]c2ccccc2s1. The van der Waals surface area contributed by atoms with Crippen LogP contribution in [0.3, 0.4) is 0 Å². The largest absolute Gasteiger partial charge is 0.481 e. The maximum absolute atomic E-state index is 11.1. The van der Waals surface area contributed by atoms with Gasteiger partial charge in [0.05, 0.1) is 22.7 Å². The summed E-state index contributed by atoms with van der Waals surface area (Å²) < 4.78 is 1.02. The molecule has 35 heavy (non-hydrogen) atoms. The molecule has 1 saturated heterocycles. The summed E-state index contributed by atoms with van der Waals surface area (Å²) in [6.45, 7) is 2.73. The molecule has 3 atom stereocenters. The molecule has 4 rings (SSSR count). The van der Waals surface area contributed by atoms with Gasteiger partial charge in [0, 0.05) is 6.54 Å². The van der Waals surface area contributed by atoms with Crippen LogP contribution < -0.4 is 16.3 Å². The Morgan fingerprint density at radius 1 is 1.26 bits per heavy atom. The molecule has 1 aromatic carbocycles. The number of unbranched alkanes of at least 4 members (excludes halogenated alkanes) is 3. The van der Waals surface area contributed by atoms with Crippen LogP contribution in [-0.2, 0) is 14.4 Å². The van der Waals surface area contributed by atoms with Crippen molar-refractivity contribution in [2.24, 2.45) is 23.3 Å². The number of amides is 2. The molecule has 1 aliphatic heterocycles. The van der Waals surface area contributed by atoms with E-state index >= 15 is 0 Å². The maximum Gasteiger partial charge on any atom is 0.307 e. The highest BCUT2D eigenvalue weighted by atomic mass is 32.1. The molecule has 2 amide bonds. The fourth-order valence-corrected chi connectivity index (χ4v) is 4.60. The van der Waals surface area contributed by atoms with Crippen LogP contribution in [-0.4, -0.2) is 51.9 Å². The number of nitrogens with zero attached hydrogens (tertiary/aromatic N) is 1. The maximum atomic E-state index is 11.1. The van der Waals surface area contributed by atoms with Crippen molar-refractivity contribution < 1.29 is 19.5 Å². The lowest BCUT2D eigenvalue weighted by Crippen LogP contribution is -2.45. The number of rotatable bonds is 8. The molecule has 1 aromatic heterocycles. The number of carboxylic acids is 1. The predicted molar refractivity (Wildman–Crippen MR) is 138 cm³/mol. The highest BCUT2D eigenvalue weighted by Crippen LogP contribution is 2.39. The van der Waals surface area contributed by atoms with E-state index in [1.165, 1.54) is 35.5 Å². The third-order valence-corrected chi connectivity index (χ3v) is 6.78. The first-order chi connectivity index (χ1) is 16.8. The minimum Gasteiger partial charge on any atom is -0.481 e. The summed E-state index contributed by atoms with van der Waals surface area (Å²) in [6.07, 6.45) is 11.4. The number of primary amides is 1. The molecule has 0 spiro atoms. The lowest BCUT2D eigenvalue weighted by Gasteiger charge is -2.20. The first-order valence-electron chi connectivity index (χ1n) is 12.0. The Labute approximate surface area is 209 Å². The van der Waals surface area contributed by atoms with Gasteiger partial charge in [-0.05, 0) is 50.2 Å². The average Bonchev–Trinajstić information content (AvgIpc) is 3.26. The fraction of sp³-hybridized carbons (Fsp3) is 0.520. The zero-order valence-electron chi connectivity index (χ0n) is 20.2. The van der Waals surface area contributed by atoms with E-state index < -0.39 is 17.9 Å². The van der Waals surface area contributed by atoms with E-state index in [0.29, 0.717) is 18.9 Å². The quantitative estimate of drug-likeness (QED) is 0.319. The van der Waals surface area contributed by atoms with Gasteiger partial charge >= 0.3 is 10.8 Å². The summed E-state index contributed by atoms with van der Waals surface area (Å²) in [5, 5.41) is 8.63. The van der Waals surface area contributed by atoms with Crippen LogP contribution in [0, 0.1) is 11.8 Å². The number of carbonyl (C=O) groups excluding carboxylic acids is 2. The molecule has 2 heterocycles. The number of hydrogen-bond donors (Lipinski definition) is 4. The first kappa shape index (κ1) is 28.3. The molecule has 10 heteroatoms. The van der Waals surface area contributed by atoms with E-state index in [0.717, 1.165) is 29.5 Å². The number of likely N-dealkylation sites (tertiary alicyclic amines) is 1. The summed E-state index contributed by atoms with van der Waals surface area (Å²) >= 11 is 1.24. The highest BCUT2D eigenvalue weighted by Gasteiger charge is 2.40. The number of aliphatic carboxylic acids is 1. The van der Waals surface area contributed by atoms with E-state index in [1.54, 1.807) is 0 Å². The number of carbonyl (C=O) groups is 3. The van der Waals surface area contributed by atoms with Crippen molar-refractivity contribution in [2.45, 2.75) is 57.9 Å². The van der Waals surface area contributed by atoms with Crippen LogP contribution in [0.2, 0.25) is 0 Å². The van der Waals surface area contributed by atoms with Gasteiger partial charge in [0.1, 0.15) is 6.04 Å². The normalized spacial score (nSPS) is 20.6. The third-order valence-electron chi connectivity index (χ3n) is 5.92. The van der Waals surface area contributed by atoms with E-state index in [-0.39, 0.29) is 23.2 Å². The number of fused-ring (bicyclic) bond motifs is 1. The van der Waals surface area contributed by atoms with Crippen molar-refractivity contribution in [3.63, 3.8) is 0 Å². The molecule has 192 valence electrons. The Balaban J connectivity index is 0.000000186. The third kappa shape index (κ3) is 9.29. The van der Waals surface area contributed by atoms with Gasteiger partial charge < -0.3 is 26.5 Å². The molecule has 6 N–H and O–H groups in total. The monoisotopic (exact) mass is 504 g/mol. The van der Waals surface area contributed by atoms with Crippen LogP contribution in [0.25, 0.3) is 10.2 Å². The number of para-hydroxylation sites is 1. The van der Waals surface area contributed by atoms with E-state index in [4.69, 9.17) is 16.6 Å². The van der Waals surface area contributed by atoms with Gasteiger partial charge in [-0.3, -0.25) is 19.2 Å². The summed E-state index contributed by atoms with van der Waals surface area (Å²) in [5.41, 5.74) is 11.2. The second-order valence-electron chi connectivity index (χ2n) is 8.63. The number of aromatic amines is 1. The van der Waals surface area contributed by atoms with Crippen molar-refractivity contribution in [2.75, 3.05) is 13.1 Å². The van der Waals surface area contributed by atoms with Crippen molar-refractivity contribution in [1.82, 2.24) is 9.88 Å². The lowest BCUT2D eigenvalue weighted by molar-refractivity contribution is -0.138. The zero-order valence-corrected chi connectivity index (χ0v) is 21.0. The molecule has 2 aromatic rings. The molecule has 0 bridgehead atoms. The van der Waals surface area contributed by atoms with E-state index in [1.807, 2.05) is 24.3 Å². The number of benzene rings is 1. The van der Waals surface area contributed by atoms with Crippen molar-refractivity contribution in [3.8, 4) is 0 Å². The minimum atomic E-state index is -0.636. The summed E-state index contributed by atoms with van der Waals surface area (Å²) in [6, 6.07) is 7.23. The molecule has 1 aliphatic carbocycles. The second-order valence-corrected chi connectivity index (χ2v) is 9.65. The molecule has 3 unspecified atom stereocenters.